The van der Waals surface area contributed by atoms with E-state index in [0.717, 1.165) is 4.47 Å². The molecule has 1 unspecified atom stereocenters. The van der Waals surface area contributed by atoms with E-state index in [1.54, 1.807) is 0 Å². The summed E-state index contributed by atoms with van der Waals surface area (Å²) in [4.78, 5) is 0. The number of benzene rings is 3. The van der Waals surface area contributed by atoms with Crippen LogP contribution in [0.1, 0.15) is 0 Å². The van der Waals surface area contributed by atoms with Crippen LogP contribution in [-0.2, 0) is 0 Å². The van der Waals surface area contributed by atoms with Gasteiger partial charge in [-0.05, 0) is 52.8 Å². The van der Waals surface area contributed by atoms with Crippen LogP contribution < -0.4 is 10.6 Å². The van der Waals surface area contributed by atoms with Crippen LogP contribution in [0.3, 0.4) is 0 Å². The number of rotatable bonds is 5. The summed E-state index contributed by atoms with van der Waals surface area (Å²) >= 11 is 3.54. The van der Waals surface area contributed by atoms with Crippen molar-refractivity contribution < 1.29 is 0 Å². The third-order valence-corrected chi connectivity index (χ3v) is 6.76. The molecule has 0 aliphatic rings. The fourth-order valence-electron chi connectivity index (χ4n) is 2.72. The van der Waals surface area contributed by atoms with E-state index in [4.69, 9.17) is 0 Å². The summed E-state index contributed by atoms with van der Waals surface area (Å²) in [6.07, 6.45) is 5.86. The van der Waals surface area contributed by atoms with Crippen molar-refractivity contribution in [3.63, 3.8) is 0 Å². The van der Waals surface area contributed by atoms with Gasteiger partial charge in [0.05, 0.1) is 0 Å². The molecule has 3 aromatic carbocycles. The molecule has 3 aromatic rings. The van der Waals surface area contributed by atoms with Crippen molar-refractivity contribution in [1.29, 1.82) is 0 Å². The van der Waals surface area contributed by atoms with Crippen molar-refractivity contribution in [3.05, 3.63) is 108 Å². The Kier molecular flexibility index (Phi) is 5.45. The molecule has 0 saturated carbocycles. The van der Waals surface area contributed by atoms with Crippen LogP contribution in [0.4, 0.5) is 0 Å². The van der Waals surface area contributed by atoms with Crippen LogP contribution >= 0.6 is 23.9 Å². The Labute approximate surface area is 153 Å². The Morgan fingerprint density at radius 1 is 0.833 bits per heavy atom. The van der Waals surface area contributed by atoms with Gasteiger partial charge in [0.25, 0.3) is 0 Å². The number of halogens is 1. The minimum Gasteiger partial charge on any atom is -0.0990 e. The molecule has 3 rings (SSSR count). The third-order valence-electron chi connectivity index (χ3n) is 3.81. The molecule has 0 heterocycles. The number of allylic oxidation sites excluding steroid dienone is 4. The lowest BCUT2D eigenvalue weighted by atomic mass is 10.1. The average Bonchev–Trinajstić information content (AvgIpc) is 2.62. The van der Waals surface area contributed by atoms with E-state index in [9.17, 15) is 0 Å². The Morgan fingerprint density at radius 2 is 1.54 bits per heavy atom. The van der Waals surface area contributed by atoms with Crippen molar-refractivity contribution in [3.8, 4) is 0 Å². The van der Waals surface area contributed by atoms with Crippen molar-refractivity contribution >= 4 is 45.2 Å². The summed E-state index contributed by atoms with van der Waals surface area (Å²) in [5, 5.41) is 6.34. The largest absolute Gasteiger partial charge is 0.0990 e. The molecule has 0 aromatic heterocycles. The van der Waals surface area contributed by atoms with Gasteiger partial charge in [0, 0.05) is 4.47 Å². The van der Waals surface area contributed by atoms with E-state index < -0.39 is 7.92 Å². The first-order chi connectivity index (χ1) is 11.7. The predicted molar refractivity (Wildman–Crippen MR) is 113 cm³/mol. The van der Waals surface area contributed by atoms with Gasteiger partial charge in [-0.25, -0.2) is 0 Å². The fourth-order valence-corrected chi connectivity index (χ4v) is 5.39. The monoisotopic (exact) mass is 392 g/mol. The van der Waals surface area contributed by atoms with Crippen LogP contribution in [0.25, 0.3) is 10.8 Å². The molecule has 0 amide bonds. The molecular weight excluding hydrogens is 375 g/mol. The quantitative estimate of drug-likeness (QED) is 0.353. The third kappa shape index (κ3) is 3.59. The minimum atomic E-state index is -0.641. The average molecular weight is 393 g/mol. The second-order valence-corrected chi connectivity index (χ2v) is 8.51. The van der Waals surface area contributed by atoms with E-state index in [1.165, 1.54) is 26.7 Å². The molecular formula is C22H18BrP. The molecule has 0 aliphatic carbocycles. The molecule has 118 valence electrons. The number of fused-ring (bicyclic) bond motifs is 1. The standard InChI is InChI=1S/C22H18BrP/c1-3-8-20(4-2)24(21-9-6-5-7-10-21)22-14-12-17-15-19(23)13-11-18(17)16-22/h3-16H,1-2H2/b20-8+. The summed E-state index contributed by atoms with van der Waals surface area (Å²) in [7, 11) is -0.641. The smallest absolute Gasteiger partial charge is 0.0181 e. The Bertz CT molecular complexity index is 910. The minimum absolute atomic E-state index is 0.641. The summed E-state index contributed by atoms with van der Waals surface area (Å²) in [5.74, 6) is 0. The van der Waals surface area contributed by atoms with Crippen molar-refractivity contribution in [1.82, 2.24) is 0 Å². The number of hydrogen-bond donors (Lipinski definition) is 0. The summed E-state index contributed by atoms with van der Waals surface area (Å²) in [6.45, 7) is 7.88. The maximum atomic E-state index is 4.02. The molecule has 0 fully saturated rings. The molecule has 24 heavy (non-hydrogen) atoms. The van der Waals surface area contributed by atoms with Crippen molar-refractivity contribution in [2.24, 2.45) is 0 Å². The maximum absolute atomic E-state index is 4.02. The summed E-state index contributed by atoms with van der Waals surface area (Å²) in [6, 6.07) is 23.7. The van der Waals surface area contributed by atoms with Gasteiger partial charge >= 0.3 is 0 Å². The van der Waals surface area contributed by atoms with Gasteiger partial charge in [-0.2, -0.15) is 0 Å². The van der Waals surface area contributed by atoms with Crippen LogP contribution in [-0.4, -0.2) is 0 Å². The first-order valence-corrected chi connectivity index (χ1v) is 9.86. The van der Waals surface area contributed by atoms with Gasteiger partial charge in [-0.15, -0.1) is 0 Å². The van der Waals surface area contributed by atoms with Crippen LogP contribution in [0.15, 0.2) is 108 Å². The molecule has 0 nitrogen and oxygen atoms in total. The van der Waals surface area contributed by atoms with Gasteiger partial charge in [0.2, 0.25) is 0 Å². The Balaban J connectivity index is 2.18. The zero-order valence-corrected chi connectivity index (χ0v) is 15.8. The lowest BCUT2D eigenvalue weighted by molar-refractivity contribution is 1.72. The van der Waals surface area contributed by atoms with Crippen molar-refractivity contribution in [2.45, 2.75) is 0 Å². The summed E-state index contributed by atoms with van der Waals surface area (Å²) in [5.41, 5.74) is 0. The predicted octanol–water partition coefficient (Wildman–Crippen LogP) is 6.29. The molecule has 0 radical (unpaired) electrons. The maximum Gasteiger partial charge on any atom is 0.0181 e. The summed E-state index contributed by atoms with van der Waals surface area (Å²) < 4.78 is 1.10. The van der Waals surface area contributed by atoms with Crippen LogP contribution in [0.5, 0.6) is 0 Å². The molecule has 0 aliphatic heterocycles. The van der Waals surface area contributed by atoms with E-state index in [0.29, 0.717) is 0 Å². The topological polar surface area (TPSA) is 0 Å². The lowest BCUT2D eigenvalue weighted by Crippen LogP contribution is -2.12. The van der Waals surface area contributed by atoms with Gasteiger partial charge in [0.1, 0.15) is 0 Å². The highest BCUT2D eigenvalue weighted by atomic mass is 79.9. The Hall–Kier alpha value is -1.95. The van der Waals surface area contributed by atoms with Crippen LogP contribution in [0, 0.1) is 0 Å². The molecule has 0 N–H and O–H groups in total. The normalized spacial score (nSPS) is 12.8. The van der Waals surface area contributed by atoms with E-state index in [2.05, 4.69) is 102 Å². The highest BCUT2D eigenvalue weighted by Crippen LogP contribution is 2.44. The SMILES string of the molecule is C=C/C=C(\C=C)P(c1ccccc1)c1ccc2cc(Br)ccc2c1. The van der Waals surface area contributed by atoms with Gasteiger partial charge in [-0.1, -0.05) is 95.8 Å². The van der Waals surface area contributed by atoms with E-state index in [-0.39, 0.29) is 0 Å². The van der Waals surface area contributed by atoms with Crippen molar-refractivity contribution in [2.75, 3.05) is 0 Å². The van der Waals surface area contributed by atoms with Gasteiger partial charge < -0.3 is 0 Å². The fraction of sp³-hybridized carbons (Fsp3) is 0. The number of hydrogen-bond acceptors (Lipinski definition) is 0. The molecule has 0 spiro atoms. The van der Waals surface area contributed by atoms with Crippen LogP contribution in [0.2, 0.25) is 0 Å². The highest BCUT2D eigenvalue weighted by Gasteiger charge is 2.16. The first-order valence-electron chi connectivity index (χ1n) is 7.72. The Morgan fingerprint density at radius 3 is 2.25 bits per heavy atom. The first kappa shape index (κ1) is 16.9. The molecule has 0 bridgehead atoms. The lowest BCUT2D eigenvalue weighted by Gasteiger charge is -2.20. The van der Waals surface area contributed by atoms with Gasteiger partial charge in [0.15, 0.2) is 0 Å². The second kappa shape index (κ2) is 7.75. The van der Waals surface area contributed by atoms with Gasteiger partial charge in [-0.3, -0.25) is 0 Å². The molecule has 2 heteroatoms. The second-order valence-electron chi connectivity index (χ2n) is 5.38. The highest BCUT2D eigenvalue weighted by molar-refractivity contribution is 9.10. The molecule has 0 saturated heterocycles. The van der Waals surface area contributed by atoms with E-state index >= 15 is 0 Å². The zero-order chi connectivity index (χ0) is 16.9. The molecule has 1 atom stereocenters. The van der Waals surface area contributed by atoms with E-state index in [1.807, 2.05) is 12.2 Å². The zero-order valence-electron chi connectivity index (χ0n) is 13.3.